The van der Waals surface area contributed by atoms with Crippen LogP contribution in [0, 0.1) is 0 Å². The SMILES string of the molecule is CCCCCCCCCCc1c(N=C=O)cc(N=C=O)c2c1CCC2(C)C. The summed E-state index contributed by atoms with van der Waals surface area (Å²) in [5.41, 5.74) is 4.71. The van der Waals surface area contributed by atoms with E-state index in [1.165, 1.54) is 50.5 Å². The van der Waals surface area contributed by atoms with Gasteiger partial charge in [0, 0.05) is 0 Å². The number of benzene rings is 1. The minimum Gasteiger partial charge on any atom is -0.211 e. The van der Waals surface area contributed by atoms with Gasteiger partial charge in [-0.1, -0.05) is 65.7 Å². The topological polar surface area (TPSA) is 58.9 Å². The number of aliphatic imine (C=N–C) groups is 2. The Morgan fingerprint density at radius 3 is 2.15 bits per heavy atom. The van der Waals surface area contributed by atoms with E-state index in [1.54, 1.807) is 18.2 Å². The van der Waals surface area contributed by atoms with Gasteiger partial charge in [-0.3, -0.25) is 0 Å². The summed E-state index contributed by atoms with van der Waals surface area (Å²) >= 11 is 0. The zero-order valence-corrected chi connectivity index (χ0v) is 17.1. The Balaban J connectivity index is 2.14. The molecule has 0 atom stereocenters. The lowest BCUT2D eigenvalue weighted by Crippen LogP contribution is -2.12. The van der Waals surface area contributed by atoms with Crippen LogP contribution in [0.3, 0.4) is 0 Å². The molecule has 1 aromatic rings. The Hall–Kier alpha value is -2.02. The third kappa shape index (κ3) is 5.48. The van der Waals surface area contributed by atoms with E-state index in [1.807, 2.05) is 0 Å². The van der Waals surface area contributed by atoms with Gasteiger partial charge in [-0.05, 0) is 53.9 Å². The molecule has 1 aliphatic rings. The van der Waals surface area contributed by atoms with Crippen LogP contribution in [0.1, 0.15) is 95.2 Å². The molecule has 0 fully saturated rings. The molecule has 4 nitrogen and oxygen atoms in total. The Kier molecular flexibility index (Phi) is 8.16. The highest BCUT2D eigenvalue weighted by molar-refractivity contribution is 5.71. The van der Waals surface area contributed by atoms with E-state index < -0.39 is 0 Å². The van der Waals surface area contributed by atoms with Crippen LogP contribution in [0.5, 0.6) is 0 Å². The van der Waals surface area contributed by atoms with Gasteiger partial charge in [0.15, 0.2) is 0 Å². The Labute approximate surface area is 163 Å². The summed E-state index contributed by atoms with van der Waals surface area (Å²) in [6.45, 7) is 6.61. The molecule has 0 unspecified atom stereocenters. The van der Waals surface area contributed by atoms with Crippen molar-refractivity contribution in [1.29, 1.82) is 0 Å². The number of carbonyl (C=O) groups excluding carboxylic acids is 2. The van der Waals surface area contributed by atoms with Crippen molar-refractivity contribution >= 4 is 23.5 Å². The largest absolute Gasteiger partial charge is 0.240 e. The van der Waals surface area contributed by atoms with Crippen molar-refractivity contribution in [3.8, 4) is 0 Å². The molecule has 0 spiro atoms. The zero-order valence-electron chi connectivity index (χ0n) is 17.1. The van der Waals surface area contributed by atoms with Gasteiger partial charge in [0.2, 0.25) is 12.2 Å². The molecule has 1 aromatic carbocycles. The van der Waals surface area contributed by atoms with Gasteiger partial charge in [0.25, 0.3) is 0 Å². The highest BCUT2D eigenvalue weighted by Crippen LogP contribution is 2.48. The van der Waals surface area contributed by atoms with Crippen molar-refractivity contribution in [2.45, 2.75) is 96.8 Å². The Morgan fingerprint density at radius 1 is 0.926 bits per heavy atom. The lowest BCUT2D eigenvalue weighted by Gasteiger charge is -2.22. The number of hydrogen-bond donors (Lipinski definition) is 0. The fourth-order valence-electron chi connectivity index (χ4n) is 4.34. The lowest BCUT2D eigenvalue weighted by molar-refractivity contribution is 0.523. The van der Waals surface area contributed by atoms with Crippen LogP contribution in [-0.2, 0) is 27.8 Å². The molecule has 0 aliphatic heterocycles. The number of hydrogen-bond acceptors (Lipinski definition) is 4. The molecule has 2 rings (SSSR count). The first-order chi connectivity index (χ1) is 13.0. The minimum atomic E-state index is -0.0253. The smallest absolute Gasteiger partial charge is 0.211 e. The third-order valence-corrected chi connectivity index (χ3v) is 5.79. The fraction of sp³-hybridized carbons (Fsp3) is 0.652. The maximum absolute atomic E-state index is 10.9. The summed E-state index contributed by atoms with van der Waals surface area (Å²) in [5, 5.41) is 0. The minimum absolute atomic E-state index is 0.0253. The van der Waals surface area contributed by atoms with Crippen LogP contribution in [0.25, 0.3) is 0 Å². The molecular weight excluding hydrogens is 336 g/mol. The molecule has 0 bridgehead atoms. The lowest BCUT2D eigenvalue weighted by atomic mass is 9.84. The predicted octanol–water partition coefficient (Wildman–Crippen LogP) is 6.53. The summed E-state index contributed by atoms with van der Waals surface area (Å²) in [7, 11) is 0. The predicted molar refractivity (Wildman–Crippen MR) is 110 cm³/mol. The second kappa shape index (κ2) is 10.3. The maximum Gasteiger partial charge on any atom is 0.240 e. The van der Waals surface area contributed by atoms with Crippen molar-refractivity contribution in [2.24, 2.45) is 9.98 Å². The van der Waals surface area contributed by atoms with Gasteiger partial charge in [0.1, 0.15) is 0 Å². The molecule has 27 heavy (non-hydrogen) atoms. The van der Waals surface area contributed by atoms with Crippen molar-refractivity contribution in [2.75, 3.05) is 0 Å². The van der Waals surface area contributed by atoms with E-state index in [0.717, 1.165) is 36.8 Å². The van der Waals surface area contributed by atoms with E-state index in [0.29, 0.717) is 11.4 Å². The van der Waals surface area contributed by atoms with Gasteiger partial charge in [-0.15, -0.1) is 0 Å². The van der Waals surface area contributed by atoms with Crippen LogP contribution in [0.4, 0.5) is 11.4 Å². The molecular formula is C23H32N2O2. The van der Waals surface area contributed by atoms with Gasteiger partial charge in [0.05, 0.1) is 11.4 Å². The Bertz CT molecular complexity index is 739. The first-order valence-corrected chi connectivity index (χ1v) is 10.4. The number of nitrogens with zero attached hydrogens (tertiary/aromatic N) is 2. The molecule has 0 N–H and O–H groups in total. The second-order valence-corrected chi connectivity index (χ2v) is 8.26. The fourth-order valence-corrected chi connectivity index (χ4v) is 4.34. The summed E-state index contributed by atoms with van der Waals surface area (Å²) in [6, 6.07) is 1.77. The molecule has 0 heterocycles. The van der Waals surface area contributed by atoms with Crippen LogP contribution in [-0.4, -0.2) is 12.2 Å². The third-order valence-electron chi connectivity index (χ3n) is 5.79. The summed E-state index contributed by atoms with van der Waals surface area (Å²) in [4.78, 5) is 29.6. The number of unbranched alkanes of at least 4 members (excludes halogenated alkanes) is 7. The highest BCUT2D eigenvalue weighted by Gasteiger charge is 2.35. The second-order valence-electron chi connectivity index (χ2n) is 8.26. The summed E-state index contributed by atoms with van der Waals surface area (Å²) in [5.74, 6) is 0. The van der Waals surface area contributed by atoms with E-state index >= 15 is 0 Å². The first kappa shape index (κ1) is 21.3. The van der Waals surface area contributed by atoms with Gasteiger partial charge in [-0.2, -0.15) is 9.98 Å². The highest BCUT2D eigenvalue weighted by atomic mass is 16.1. The number of fused-ring (bicyclic) bond motifs is 1. The summed E-state index contributed by atoms with van der Waals surface area (Å²) < 4.78 is 0. The monoisotopic (exact) mass is 368 g/mol. The van der Waals surface area contributed by atoms with Crippen LogP contribution in [0.2, 0.25) is 0 Å². The number of isocyanates is 2. The molecule has 0 radical (unpaired) electrons. The number of rotatable bonds is 11. The van der Waals surface area contributed by atoms with Gasteiger partial charge >= 0.3 is 0 Å². The molecule has 146 valence electrons. The quantitative estimate of drug-likeness (QED) is 0.253. The van der Waals surface area contributed by atoms with Crippen LogP contribution < -0.4 is 0 Å². The van der Waals surface area contributed by atoms with Gasteiger partial charge < -0.3 is 0 Å². The van der Waals surface area contributed by atoms with Crippen molar-refractivity contribution in [3.05, 3.63) is 22.8 Å². The van der Waals surface area contributed by atoms with E-state index in [2.05, 4.69) is 30.8 Å². The molecule has 0 saturated carbocycles. The molecule has 0 aromatic heterocycles. The van der Waals surface area contributed by atoms with Crippen molar-refractivity contribution in [3.63, 3.8) is 0 Å². The average Bonchev–Trinajstić information content (AvgIpc) is 2.95. The normalized spacial score (nSPS) is 14.3. The molecule has 0 amide bonds. The van der Waals surface area contributed by atoms with E-state index in [4.69, 9.17) is 0 Å². The van der Waals surface area contributed by atoms with Gasteiger partial charge in [-0.25, -0.2) is 9.59 Å². The molecule has 1 aliphatic carbocycles. The first-order valence-electron chi connectivity index (χ1n) is 10.4. The molecule has 0 saturated heterocycles. The van der Waals surface area contributed by atoms with Crippen molar-refractivity contribution < 1.29 is 9.59 Å². The zero-order chi connectivity index (χ0) is 19.7. The standard InChI is InChI=1S/C23H32N2O2/c1-4-5-6-7-8-9-10-11-12-18-19-13-14-23(2,3)22(19)21(25-17-27)15-20(18)24-16-26/h15H,4-14H2,1-3H3. The van der Waals surface area contributed by atoms with E-state index in [-0.39, 0.29) is 5.41 Å². The average molecular weight is 369 g/mol. The maximum atomic E-state index is 10.9. The molecule has 4 heteroatoms. The summed E-state index contributed by atoms with van der Waals surface area (Å²) in [6.07, 6.45) is 16.4. The van der Waals surface area contributed by atoms with E-state index in [9.17, 15) is 9.59 Å². The van der Waals surface area contributed by atoms with Crippen LogP contribution >= 0.6 is 0 Å². The Morgan fingerprint density at radius 2 is 1.52 bits per heavy atom. The van der Waals surface area contributed by atoms with Crippen molar-refractivity contribution in [1.82, 2.24) is 0 Å². The van der Waals surface area contributed by atoms with Crippen LogP contribution in [0.15, 0.2) is 16.1 Å².